The van der Waals surface area contributed by atoms with E-state index >= 15 is 0 Å². The number of likely N-dealkylation sites (tertiary alicyclic amines) is 1. The van der Waals surface area contributed by atoms with Gasteiger partial charge in [-0.3, -0.25) is 19.4 Å². The van der Waals surface area contributed by atoms with Crippen LogP contribution in [0.3, 0.4) is 0 Å². The van der Waals surface area contributed by atoms with E-state index in [4.69, 9.17) is 4.98 Å². The van der Waals surface area contributed by atoms with Gasteiger partial charge < -0.3 is 0 Å². The minimum Gasteiger partial charge on any atom is -0.298 e. The second kappa shape index (κ2) is 7.96. The van der Waals surface area contributed by atoms with Gasteiger partial charge in [-0.1, -0.05) is 19.9 Å². The molecule has 3 aromatic heterocycles. The minimum atomic E-state index is 0.336. The lowest BCUT2D eigenvalue weighted by Gasteiger charge is -2.33. The average Bonchev–Trinajstić information content (AvgIpc) is 3.19. The Morgan fingerprint density at radius 1 is 1.11 bits per heavy atom. The highest BCUT2D eigenvalue weighted by molar-refractivity contribution is 5.33. The summed E-state index contributed by atoms with van der Waals surface area (Å²) < 4.78 is 2.10. The fourth-order valence-electron chi connectivity index (χ4n) is 3.91. The molecule has 0 aliphatic carbocycles. The summed E-state index contributed by atoms with van der Waals surface area (Å²) in [7, 11) is 0. The summed E-state index contributed by atoms with van der Waals surface area (Å²) in [5, 5.41) is 0. The maximum atomic E-state index is 4.75. The second-order valence-corrected chi connectivity index (χ2v) is 7.51. The molecule has 0 aromatic carbocycles. The van der Waals surface area contributed by atoms with Crippen molar-refractivity contribution in [2.75, 3.05) is 13.1 Å². The van der Waals surface area contributed by atoms with Gasteiger partial charge in [0.1, 0.15) is 5.82 Å². The first-order valence-electron chi connectivity index (χ1n) is 9.68. The van der Waals surface area contributed by atoms with E-state index in [1.807, 2.05) is 37.1 Å². The lowest BCUT2D eigenvalue weighted by atomic mass is 9.94. The van der Waals surface area contributed by atoms with Gasteiger partial charge >= 0.3 is 0 Å². The number of pyridine rings is 1. The molecular weight excluding hydrogens is 336 g/mol. The van der Waals surface area contributed by atoms with Crippen molar-refractivity contribution in [1.29, 1.82) is 0 Å². The third-order valence-corrected chi connectivity index (χ3v) is 5.14. The zero-order valence-electron chi connectivity index (χ0n) is 16.0. The molecule has 0 unspecified atom stereocenters. The van der Waals surface area contributed by atoms with Crippen LogP contribution in [0.25, 0.3) is 5.82 Å². The molecule has 1 saturated heterocycles. The standard InChI is InChI=1S/C21H26N6/c1-16(2)20-25-10-12-27(20)21-19(23-8-9-24-21)18-6-4-11-26(15-18)14-17-5-3-7-22-13-17/h3,5,7-10,12-13,16,18H,4,6,11,14-15H2,1-2H3/t18-/m0/s1. The van der Waals surface area contributed by atoms with Gasteiger partial charge in [-0.15, -0.1) is 0 Å². The van der Waals surface area contributed by atoms with E-state index in [2.05, 4.69) is 44.3 Å². The molecule has 140 valence electrons. The van der Waals surface area contributed by atoms with E-state index < -0.39 is 0 Å². The molecule has 1 atom stereocenters. The first kappa shape index (κ1) is 17.8. The Morgan fingerprint density at radius 3 is 2.81 bits per heavy atom. The predicted molar refractivity (Wildman–Crippen MR) is 105 cm³/mol. The molecule has 6 nitrogen and oxygen atoms in total. The van der Waals surface area contributed by atoms with Crippen molar-refractivity contribution in [3.8, 4) is 5.82 Å². The zero-order valence-corrected chi connectivity index (χ0v) is 16.0. The van der Waals surface area contributed by atoms with Crippen LogP contribution in [0.1, 0.15) is 55.6 Å². The van der Waals surface area contributed by atoms with Crippen molar-refractivity contribution in [3.05, 3.63) is 66.4 Å². The van der Waals surface area contributed by atoms with Crippen molar-refractivity contribution < 1.29 is 0 Å². The summed E-state index contributed by atoms with van der Waals surface area (Å²) in [6.45, 7) is 7.36. The topological polar surface area (TPSA) is 59.7 Å². The number of hydrogen-bond acceptors (Lipinski definition) is 5. The molecule has 0 amide bonds. The fourth-order valence-corrected chi connectivity index (χ4v) is 3.91. The van der Waals surface area contributed by atoms with Crippen LogP contribution in [-0.2, 0) is 6.54 Å². The van der Waals surface area contributed by atoms with Crippen LogP contribution >= 0.6 is 0 Å². The number of imidazole rings is 1. The number of nitrogens with zero attached hydrogens (tertiary/aromatic N) is 6. The second-order valence-electron chi connectivity index (χ2n) is 7.51. The van der Waals surface area contributed by atoms with Gasteiger partial charge in [0, 0.05) is 62.1 Å². The largest absolute Gasteiger partial charge is 0.298 e. The van der Waals surface area contributed by atoms with Gasteiger partial charge in [-0.2, -0.15) is 0 Å². The van der Waals surface area contributed by atoms with E-state index in [-0.39, 0.29) is 0 Å². The molecule has 0 saturated carbocycles. The molecule has 0 N–H and O–H groups in total. The van der Waals surface area contributed by atoms with E-state index in [1.165, 1.54) is 12.0 Å². The third-order valence-electron chi connectivity index (χ3n) is 5.14. The quantitative estimate of drug-likeness (QED) is 0.694. The molecule has 1 fully saturated rings. The normalized spacial score (nSPS) is 18.1. The van der Waals surface area contributed by atoms with Gasteiger partial charge in [0.15, 0.2) is 5.82 Å². The highest BCUT2D eigenvalue weighted by Crippen LogP contribution is 2.30. The fraction of sp³-hybridized carbons (Fsp3) is 0.429. The van der Waals surface area contributed by atoms with Crippen molar-refractivity contribution in [2.24, 2.45) is 0 Å². The van der Waals surface area contributed by atoms with Crippen LogP contribution in [-0.4, -0.2) is 42.5 Å². The van der Waals surface area contributed by atoms with Crippen molar-refractivity contribution in [3.63, 3.8) is 0 Å². The Bertz CT molecular complexity index is 873. The maximum Gasteiger partial charge on any atom is 0.160 e. The number of hydrogen-bond donors (Lipinski definition) is 0. The van der Waals surface area contributed by atoms with Gasteiger partial charge in [-0.05, 0) is 31.0 Å². The molecule has 1 aliphatic heterocycles. The summed E-state index contributed by atoms with van der Waals surface area (Å²) in [5.74, 6) is 2.66. The van der Waals surface area contributed by atoms with E-state index in [1.54, 1.807) is 6.20 Å². The summed E-state index contributed by atoms with van der Waals surface area (Å²) in [6, 6.07) is 4.15. The molecule has 1 aliphatic rings. The molecule has 4 heterocycles. The van der Waals surface area contributed by atoms with E-state index in [0.29, 0.717) is 11.8 Å². The van der Waals surface area contributed by atoms with Gasteiger partial charge in [0.05, 0.1) is 5.69 Å². The Morgan fingerprint density at radius 2 is 2.00 bits per heavy atom. The van der Waals surface area contributed by atoms with Crippen LogP contribution < -0.4 is 0 Å². The number of aromatic nitrogens is 5. The monoisotopic (exact) mass is 362 g/mol. The smallest absolute Gasteiger partial charge is 0.160 e. The Kier molecular flexibility index (Phi) is 5.25. The van der Waals surface area contributed by atoms with Crippen LogP contribution in [0.15, 0.2) is 49.3 Å². The first-order valence-corrected chi connectivity index (χ1v) is 9.68. The van der Waals surface area contributed by atoms with Gasteiger partial charge in [0.2, 0.25) is 0 Å². The number of rotatable bonds is 5. The van der Waals surface area contributed by atoms with E-state index in [9.17, 15) is 0 Å². The molecular formula is C21H26N6. The van der Waals surface area contributed by atoms with Crippen molar-refractivity contribution >= 4 is 0 Å². The van der Waals surface area contributed by atoms with Crippen molar-refractivity contribution in [1.82, 2.24) is 29.4 Å². The van der Waals surface area contributed by atoms with Gasteiger partial charge in [-0.25, -0.2) is 9.97 Å². The average molecular weight is 362 g/mol. The molecule has 0 bridgehead atoms. The molecule has 3 aromatic rings. The lowest BCUT2D eigenvalue weighted by Crippen LogP contribution is -2.34. The molecule has 27 heavy (non-hydrogen) atoms. The molecule has 6 heteroatoms. The Balaban J connectivity index is 1.59. The van der Waals surface area contributed by atoms with Gasteiger partial charge in [0.25, 0.3) is 0 Å². The molecule has 0 radical (unpaired) electrons. The third kappa shape index (κ3) is 3.90. The van der Waals surface area contributed by atoms with Crippen LogP contribution in [0.5, 0.6) is 0 Å². The summed E-state index contributed by atoms with van der Waals surface area (Å²) in [6.07, 6.45) is 13.5. The highest BCUT2D eigenvalue weighted by Gasteiger charge is 2.26. The molecule has 4 rings (SSSR count). The van der Waals surface area contributed by atoms with Crippen LogP contribution in [0.2, 0.25) is 0 Å². The summed E-state index contributed by atoms with van der Waals surface area (Å²) >= 11 is 0. The predicted octanol–water partition coefficient (Wildman–Crippen LogP) is 3.56. The lowest BCUT2D eigenvalue weighted by molar-refractivity contribution is 0.198. The maximum absolute atomic E-state index is 4.75. The van der Waals surface area contributed by atoms with Crippen molar-refractivity contribution in [2.45, 2.75) is 45.1 Å². The Labute approximate surface area is 160 Å². The Hall–Kier alpha value is -2.60. The van der Waals surface area contributed by atoms with E-state index in [0.717, 1.165) is 43.4 Å². The zero-order chi connectivity index (χ0) is 18.6. The van der Waals surface area contributed by atoms with Crippen LogP contribution in [0, 0.1) is 0 Å². The number of piperidine rings is 1. The first-order chi connectivity index (χ1) is 13.2. The summed E-state index contributed by atoms with van der Waals surface area (Å²) in [4.78, 5) is 20.7. The van der Waals surface area contributed by atoms with Crippen LogP contribution in [0.4, 0.5) is 0 Å². The molecule has 0 spiro atoms. The minimum absolute atomic E-state index is 0.336. The highest BCUT2D eigenvalue weighted by atomic mass is 15.2. The SMILES string of the molecule is CC(C)c1nccn1-c1nccnc1[C@H]1CCCN(Cc2cccnc2)C1. The summed E-state index contributed by atoms with van der Waals surface area (Å²) in [5.41, 5.74) is 2.34.